The van der Waals surface area contributed by atoms with E-state index < -0.39 is 0 Å². The van der Waals surface area contributed by atoms with Gasteiger partial charge in [-0.15, -0.1) is 23.5 Å². The number of likely N-dealkylation sites (tertiary alicyclic amines) is 1. The molecular weight excluding hydrogens is 683 g/mol. The van der Waals surface area contributed by atoms with Crippen LogP contribution in [0.3, 0.4) is 0 Å². The zero-order chi connectivity index (χ0) is 25.1. The van der Waals surface area contributed by atoms with Gasteiger partial charge in [0.25, 0.3) is 0 Å². The van der Waals surface area contributed by atoms with Gasteiger partial charge < -0.3 is 14.0 Å². The van der Waals surface area contributed by atoms with E-state index in [9.17, 15) is 0 Å². The summed E-state index contributed by atoms with van der Waals surface area (Å²) in [5.74, 6) is 5.34. The monoisotopic (exact) mass is 718 g/mol. The minimum absolute atomic E-state index is 0. The number of thioether (sulfide) groups is 2. The van der Waals surface area contributed by atoms with Crippen LogP contribution in [0, 0.1) is 0 Å². The fraction of sp³-hybridized carbons (Fsp3) is 0.517. The Labute approximate surface area is 262 Å². The first-order valence-electron chi connectivity index (χ1n) is 13.5. The van der Waals surface area contributed by atoms with Crippen molar-refractivity contribution in [1.29, 1.82) is 0 Å². The average Bonchev–Trinajstić information content (AvgIpc) is 2.94. The zero-order valence-electron chi connectivity index (χ0n) is 21.6. The summed E-state index contributed by atoms with van der Waals surface area (Å²) in [7, 11) is 0. The Kier molecular flexibility index (Phi) is 10.7. The van der Waals surface area contributed by atoms with E-state index in [0.29, 0.717) is 10.5 Å². The maximum absolute atomic E-state index is 6.81. The van der Waals surface area contributed by atoms with Gasteiger partial charge in [-0.25, -0.2) is 0 Å². The van der Waals surface area contributed by atoms with E-state index in [4.69, 9.17) is 14.0 Å². The normalized spacial score (nSPS) is 22.9. The van der Waals surface area contributed by atoms with Crippen molar-refractivity contribution in [1.82, 2.24) is 4.90 Å². The van der Waals surface area contributed by atoms with Crippen LogP contribution in [0.15, 0.2) is 48.0 Å². The summed E-state index contributed by atoms with van der Waals surface area (Å²) in [6.07, 6.45) is 8.74. The first-order valence-corrected chi connectivity index (χ1v) is 19.5. The molecule has 2 fully saturated rings. The number of fused-ring (bicyclic) bond motifs is 2. The van der Waals surface area contributed by atoms with Gasteiger partial charge in [0, 0.05) is 36.7 Å². The molecule has 0 N–H and O–H groups in total. The Morgan fingerprint density at radius 2 is 1.76 bits per heavy atom. The average molecular weight is 719 g/mol. The fourth-order valence-electron chi connectivity index (χ4n) is 6.02. The third kappa shape index (κ3) is 6.72. The third-order valence-corrected chi connectivity index (χ3v) is 12.3. The number of hydrogen-bond donors (Lipinski definition) is 0. The Bertz CT molecular complexity index is 1120. The number of piperidine rings is 1. The van der Waals surface area contributed by atoms with Crippen LogP contribution in [0.1, 0.15) is 62.2 Å². The maximum Gasteiger partial charge on any atom is 0.146 e. The summed E-state index contributed by atoms with van der Waals surface area (Å²) in [6, 6.07) is 15.1. The number of rotatable bonds is 7. The first-order chi connectivity index (χ1) is 18.2. The summed E-state index contributed by atoms with van der Waals surface area (Å²) in [4.78, 5) is 2.52. The summed E-state index contributed by atoms with van der Waals surface area (Å²) in [6.45, 7) is 4.58. The van der Waals surface area contributed by atoms with E-state index in [-0.39, 0.29) is 24.7 Å². The van der Waals surface area contributed by atoms with Crippen LogP contribution in [-0.4, -0.2) is 46.7 Å². The van der Waals surface area contributed by atoms with E-state index in [1.165, 1.54) is 79.0 Å². The van der Waals surface area contributed by atoms with E-state index in [1.807, 2.05) is 0 Å². The van der Waals surface area contributed by atoms with Crippen molar-refractivity contribution < 1.29 is 32.6 Å². The Balaban J connectivity index is 0.00000294. The van der Waals surface area contributed by atoms with Crippen LogP contribution in [0.2, 0.25) is 0 Å². The molecule has 2 saturated heterocycles. The van der Waals surface area contributed by atoms with Gasteiger partial charge in [-0.2, -0.15) is 0 Å². The molecule has 4 nitrogen and oxygen atoms in total. The number of ether oxygens (including phenoxy) is 2. The minimum atomic E-state index is -0.0532. The predicted molar refractivity (Wildman–Crippen MR) is 168 cm³/mol. The van der Waals surface area contributed by atoms with Gasteiger partial charge in [0.1, 0.15) is 36.4 Å². The van der Waals surface area contributed by atoms with Gasteiger partial charge in [0.15, 0.2) is 0 Å². The second-order valence-corrected chi connectivity index (χ2v) is 15.2. The van der Waals surface area contributed by atoms with Crippen molar-refractivity contribution in [3.8, 4) is 17.2 Å². The SMILES string of the molecule is IPOc1ccc2c(c1)O[C@H](c1ccc(OCCN3CCCCC3)cc1)C1=C2CCC2(C1)SCCCS2.[V]. The zero-order valence-corrected chi connectivity index (χ0v) is 27.8. The molecule has 2 atom stereocenters. The summed E-state index contributed by atoms with van der Waals surface area (Å²) < 4.78 is 19.1. The molecule has 4 aliphatic rings. The number of halogens is 1. The third-order valence-electron chi connectivity index (χ3n) is 7.93. The van der Waals surface area contributed by atoms with Crippen LogP contribution in [-0.2, 0) is 18.6 Å². The Morgan fingerprint density at radius 3 is 2.53 bits per heavy atom. The van der Waals surface area contributed by atoms with E-state index in [1.54, 1.807) is 0 Å². The van der Waals surface area contributed by atoms with Gasteiger partial charge in [0.05, 0.1) is 4.08 Å². The molecule has 2 aromatic carbocycles. The molecule has 38 heavy (non-hydrogen) atoms. The molecular formula is C29H35INO3PS2V. The second kappa shape index (κ2) is 13.8. The quantitative estimate of drug-likeness (QED) is 0.211. The Morgan fingerprint density at radius 1 is 1.00 bits per heavy atom. The predicted octanol–water partition coefficient (Wildman–Crippen LogP) is 8.51. The molecule has 1 radical (unpaired) electrons. The molecule has 9 heteroatoms. The van der Waals surface area contributed by atoms with Crippen molar-refractivity contribution in [2.24, 2.45) is 0 Å². The Hall–Kier alpha value is -0.0156. The first kappa shape index (κ1) is 29.5. The van der Waals surface area contributed by atoms with E-state index >= 15 is 0 Å². The minimum Gasteiger partial charge on any atom is -0.492 e. The summed E-state index contributed by atoms with van der Waals surface area (Å²) in [5, 5.41) is 0. The molecule has 0 aromatic heterocycles. The summed E-state index contributed by atoms with van der Waals surface area (Å²) in [5.41, 5.74) is 5.44. The van der Waals surface area contributed by atoms with Crippen molar-refractivity contribution in [2.75, 3.05) is 37.7 Å². The van der Waals surface area contributed by atoms with Gasteiger partial charge in [-0.3, -0.25) is 4.90 Å². The largest absolute Gasteiger partial charge is 0.492 e. The standard InChI is InChI=1S/C29H35INO3PS2.V/c30-35-34-23-9-10-25-24-11-12-29(36-17-4-18-37-29)20-26(24)28(33-27(25)19-23)21-5-7-22(8-6-21)32-16-15-31-13-2-1-3-14-31;/h5-10,19,28,35H,1-4,11-18,20H2;/t28-;/m1./s1. The van der Waals surface area contributed by atoms with E-state index in [2.05, 4.69) is 92.9 Å². The van der Waals surface area contributed by atoms with Gasteiger partial charge in [-0.05, 0) is 126 Å². The van der Waals surface area contributed by atoms with Gasteiger partial charge in [-0.1, -0.05) is 18.6 Å². The van der Waals surface area contributed by atoms with Gasteiger partial charge >= 0.3 is 0 Å². The molecule has 1 aliphatic carbocycles. The topological polar surface area (TPSA) is 30.9 Å². The van der Waals surface area contributed by atoms with Crippen LogP contribution in [0.25, 0.3) is 5.57 Å². The van der Waals surface area contributed by atoms with Crippen LogP contribution >= 0.6 is 52.0 Å². The van der Waals surface area contributed by atoms with Crippen molar-refractivity contribution in [2.45, 2.75) is 55.1 Å². The number of nitrogens with zero attached hydrogens (tertiary/aromatic N) is 1. The van der Waals surface area contributed by atoms with Crippen LogP contribution in [0.4, 0.5) is 0 Å². The molecule has 3 heterocycles. The van der Waals surface area contributed by atoms with Crippen molar-refractivity contribution in [3.05, 3.63) is 59.2 Å². The molecule has 2 aromatic rings. The maximum atomic E-state index is 6.81. The molecule has 0 saturated carbocycles. The molecule has 6 rings (SSSR count). The molecule has 1 spiro atoms. The molecule has 203 valence electrons. The number of hydrogen-bond acceptors (Lipinski definition) is 6. The van der Waals surface area contributed by atoms with Crippen molar-refractivity contribution >= 4 is 57.6 Å². The second-order valence-electron chi connectivity index (χ2n) is 10.3. The smallest absolute Gasteiger partial charge is 0.146 e. The van der Waals surface area contributed by atoms with E-state index in [0.717, 1.165) is 43.2 Å². The summed E-state index contributed by atoms with van der Waals surface area (Å²) >= 11 is 6.64. The van der Waals surface area contributed by atoms with Gasteiger partial charge in [0.2, 0.25) is 0 Å². The molecule has 3 aliphatic heterocycles. The number of allylic oxidation sites excluding steroid dienone is 1. The fourth-order valence-corrected chi connectivity index (χ4v) is 10.3. The molecule has 0 amide bonds. The van der Waals surface area contributed by atoms with Crippen molar-refractivity contribution in [3.63, 3.8) is 0 Å². The van der Waals surface area contributed by atoms with Crippen LogP contribution in [0.5, 0.6) is 17.2 Å². The molecule has 1 unspecified atom stereocenters. The number of benzene rings is 2. The van der Waals surface area contributed by atoms with Crippen LogP contribution < -0.4 is 14.0 Å². The molecule has 0 bridgehead atoms.